The van der Waals surface area contributed by atoms with Crippen molar-refractivity contribution in [1.82, 2.24) is 5.32 Å². The van der Waals surface area contributed by atoms with Gasteiger partial charge in [-0.25, -0.2) is 26.4 Å². The fraction of sp³-hybridized carbons (Fsp3) is 0.296. The van der Waals surface area contributed by atoms with Crippen molar-refractivity contribution in [2.75, 3.05) is 30.1 Å². The molecule has 3 aromatic rings. The molecule has 11 nitrogen and oxygen atoms in total. The smallest absolute Gasteiger partial charge is 0.475 e. The lowest BCUT2D eigenvalue weighted by atomic mass is 9.98. The van der Waals surface area contributed by atoms with Crippen LogP contribution < -0.4 is 16.4 Å². The topological polar surface area (TPSA) is 197 Å². The number of aryl methyl sites for hydroxylation is 1. The van der Waals surface area contributed by atoms with Crippen LogP contribution in [-0.2, 0) is 24.5 Å². The lowest BCUT2D eigenvalue weighted by molar-refractivity contribution is -0.192. The number of unbranched alkanes of at least 4 members (excludes halogenated alkanes) is 1. The fourth-order valence-electron chi connectivity index (χ4n) is 3.78. The zero-order valence-electron chi connectivity index (χ0n) is 24.2. The van der Waals surface area contributed by atoms with E-state index in [9.17, 15) is 34.8 Å². The Morgan fingerprint density at radius 1 is 1.07 bits per heavy atom. The van der Waals surface area contributed by atoms with Gasteiger partial charge in [-0.15, -0.1) is 23.1 Å². The summed E-state index contributed by atoms with van der Waals surface area (Å²) < 4.78 is 81.9. The van der Waals surface area contributed by atoms with Crippen molar-refractivity contribution in [2.24, 2.45) is 5.73 Å². The monoisotopic (exact) mass is 708 g/mol. The van der Waals surface area contributed by atoms with Gasteiger partial charge in [0.25, 0.3) is 0 Å². The van der Waals surface area contributed by atoms with Crippen LogP contribution in [0, 0.1) is 12.3 Å². The molecule has 0 radical (unpaired) electrons. The molecule has 45 heavy (non-hydrogen) atoms. The number of nitrogens with two attached hydrogens (primary N) is 1. The molecule has 1 aromatic heterocycles. The average molecular weight is 709 g/mol. The normalized spacial score (nSPS) is 11.7. The molecule has 0 aliphatic rings. The van der Waals surface area contributed by atoms with Gasteiger partial charge in [-0.3, -0.25) is 5.41 Å². The van der Waals surface area contributed by atoms with Crippen LogP contribution in [0.3, 0.4) is 0 Å². The molecule has 3 rings (SSSR count). The number of carbonyl (C=O) groups is 2. The molecule has 0 spiro atoms. The number of carboxylic acid groups (broad SMARTS) is 1. The Kier molecular flexibility index (Phi) is 13.0. The number of halogens is 3. The standard InChI is InChI=1S/C25H30N4O5S4.C2HF3O2/c1-16-8-6-11-19(29-25(30)28-12-4-5-13-37(3,31)32)22(16)17-9-7-10-18(14-17)38(33,34)21-15-20(23(26)27)36-24(21)35-2;3-2(4,5)1(6)7/h6-11,14-15H,4-5,12-13H2,1-3H3,(H3,26,27)(H2,28,29,30);(H,6,7). The molecule has 0 saturated heterocycles. The van der Waals surface area contributed by atoms with Gasteiger partial charge in [0.05, 0.1) is 24.6 Å². The molecule has 246 valence electrons. The summed E-state index contributed by atoms with van der Waals surface area (Å²) in [6.07, 6.45) is -1.16. The predicted octanol–water partition coefficient (Wildman–Crippen LogP) is 5.14. The number of alkyl halides is 3. The summed E-state index contributed by atoms with van der Waals surface area (Å²) in [5.41, 5.74) is 8.23. The van der Waals surface area contributed by atoms with E-state index < -0.39 is 37.9 Å². The van der Waals surface area contributed by atoms with Crippen molar-refractivity contribution in [3.8, 4) is 11.1 Å². The van der Waals surface area contributed by atoms with Gasteiger partial charge < -0.3 is 21.5 Å². The number of rotatable bonds is 11. The maximum Gasteiger partial charge on any atom is 0.490 e. The first-order chi connectivity index (χ1) is 20.8. The third kappa shape index (κ3) is 11.1. The van der Waals surface area contributed by atoms with Crippen molar-refractivity contribution in [1.29, 1.82) is 5.41 Å². The predicted molar refractivity (Wildman–Crippen MR) is 169 cm³/mol. The van der Waals surface area contributed by atoms with Gasteiger partial charge in [0, 0.05) is 24.1 Å². The van der Waals surface area contributed by atoms with E-state index in [1.54, 1.807) is 36.6 Å². The SMILES string of the molecule is CSc1sc(C(=N)N)cc1S(=O)(=O)c1cccc(-c2c(C)cccc2NC(=O)NCCCCS(C)(=O)=O)c1.O=C(O)C(F)(F)F. The molecule has 2 amide bonds. The number of aliphatic carboxylic acids is 1. The second kappa shape index (κ2) is 15.6. The van der Waals surface area contributed by atoms with Crippen LogP contribution in [0.25, 0.3) is 11.1 Å². The summed E-state index contributed by atoms with van der Waals surface area (Å²) in [6.45, 7) is 2.19. The van der Waals surface area contributed by atoms with Gasteiger partial charge in [-0.2, -0.15) is 13.2 Å². The van der Waals surface area contributed by atoms with Gasteiger partial charge in [-0.1, -0.05) is 24.3 Å². The maximum atomic E-state index is 13.6. The molecule has 0 atom stereocenters. The second-order valence-corrected chi connectivity index (χ2v) is 15.7. The van der Waals surface area contributed by atoms with E-state index in [0.29, 0.717) is 45.3 Å². The number of carbonyl (C=O) groups excluding carboxylic acids is 1. The fourth-order valence-corrected chi connectivity index (χ4v) is 8.41. The van der Waals surface area contributed by atoms with Crippen molar-refractivity contribution in [3.63, 3.8) is 0 Å². The highest BCUT2D eigenvalue weighted by Gasteiger charge is 2.38. The number of nitrogen functional groups attached to an aromatic ring is 1. The number of urea groups is 1. The summed E-state index contributed by atoms with van der Waals surface area (Å²) >= 11 is 2.44. The van der Waals surface area contributed by atoms with Crippen molar-refractivity contribution >= 4 is 66.3 Å². The lowest BCUT2D eigenvalue weighted by Gasteiger charge is -2.16. The van der Waals surface area contributed by atoms with E-state index in [1.165, 1.54) is 30.2 Å². The Hall–Kier alpha value is -3.61. The molecular weight excluding hydrogens is 678 g/mol. The van der Waals surface area contributed by atoms with E-state index in [-0.39, 0.29) is 21.4 Å². The highest BCUT2D eigenvalue weighted by Crippen LogP contribution is 2.38. The molecule has 18 heteroatoms. The third-order valence-corrected chi connectivity index (χ3v) is 11.2. The number of hydrogen-bond donors (Lipinski definition) is 5. The molecule has 0 unspecified atom stereocenters. The molecule has 0 aliphatic carbocycles. The van der Waals surface area contributed by atoms with Crippen LogP contribution in [0.5, 0.6) is 0 Å². The minimum Gasteiger partial charge on any atom is -0.475 e. The Balaban J connectivity index is 0.000000900. The quantitative estimate of drug-likeness (QED) is 0.0775. The summed E-state index contributed by atoms with van der Waals surface area (Å²) in [4.78, 5) is 22.0. The molecule has 6 N–H and O–H groups in total. The zero-order chi connectivity index (χ0) is 34.2. The third-order valence-electron chi connectivity index (χ3n) is 5.83. The van der Waals surface area contributed by atoms with Crippen molar-refractivity contribution in [2.45, 2.75) is 39.9 Å². The minimum atomic E-state index is -5.08. The van der Waals surface area contributed by atoms with Gasteiger partial charge in [-0.05, 0) is 61.4 Å². The number of benzene rings is 2. The van der Waals surface area contributed by atoms with Crippen LogP contribution in [0.15, 0.2) is 62.5 Å². The molecule has 0 saturated carbocycles. The van der Waals surface area contributed by atoms with Gasteiger partial charge in [0.15, 0.2) is 0 Å². The van der Waals surface area contributed by atoms with E-state index >= 15 is 0 Å². The Morgan fingerprint density at radius 3 is 2.24 bits per heavy atom. The van der Waals surface area contributed by atoms with Crippen LogP contribution in [0.2, 0.25) is 0 Å². The summed E-state index contributed by atoms with van der Waals surface area (Å²) in [6, 6.07) is 12.9. The van der Waals surface area contributed by atoms with E-state index in [0.717, 1.165) is 16.9 Å². The largest absolute Gasteiger partial charge is 0.490 e. The second-order valence-electron chi connectivity index (χ2n) is 9.43. The number of carboxylic acids is 1. The number of nitrogens with one attached hydrogen (secondary N) is 3. The summed E-state index contributed by atoms with van der Waals surface area (Å²) in [5.74, 6) is -2.88. The summed E-state index contributed by atoms with van der Waals surface area (Å²) in [5, 5.41) is 20.4. The Morgan fingerprint density at radius 2 is 1.69 bits per heavy atom. The van der Waals surface area contributed by atoms with Crippen LogP contribution in [-0.4, -0.2) is 70.8 Å². The van der Waals surface area contributed by atoms with E-state index in [4.69, 9.17) is 21.0 Å². The van der Waals surface area contributed by atoms with Gasteiger partial charge in [0.2, 0.25) is 9.84 Å². The number of hydrogen-bond acceptors (Lipinski definition) is 9. The number of anilines is 1. The van der Waals surface area contributed by atoms with Crippen LogP contribution in [0.4, 0.5) is 23.7 Å². The van der Waals surface area contributed by atoms with Gasteiger partial charge in [0.1, 0.15) is 15.7 Å². The number of amidine groups is 1. The Labute approximate surface area is 266 Å². The minimum absolute atomic E-state index is 0.0669. The Bertz CT molecular complexity index is 1770. The zero-order valence-corrected chi connectivity index (χ0v) is 27.5. The molecule has 0 bridgehead atoms. The van der Waals surface area contributed by atoms with Crippen LogP contribution in [0.1, 0.15) is 23.3 Å². The van der Waals surface area contributed by atoms with Crippen molar-refractivity contribution in [3.05, 3.63) is 59.0 Å². The number of thioether (sulfide) groups is 1. The first-order valence-electron chi connectivity index (χ1n) is 12.8. The molecule has 2 aromatic carbocycles. The lowest BCUT2D eigenvalue weighted by Crippen LogP contribution is -2.30. The highest BCUT2D eigenvalue weighted by molar-refractivity contribution is 8.01. The van der Waals surface area contributed by atoms with E-state index in [2.05, 4.69) is 10.6 Å². The average Bonchev–Trinajstić information content (AvgIpc) is 3.38. The molecular formula is C27H31F3N4O7S4. The van der Waals surface area contributed by atoms with Crippen LogP contribution >= 0.6 is 23.1 Å². The summed E-state index contributed by atoms with van der Waals surface area (Å²) in [7, 11) is -6.95. The van der Waals surface area contributed by atoms with E-state index in [1.807, 2.05) is 13.0 Å². The number of thiophene rings is 1. The number of amides is 2. The first kappa shape index (κ1) is 37.6. The molecule has 1 heterocycles. The molecule has 0 fully saturated rings. The van der Waals surface area contributed by atoms with Gasteiger partial charge >= 0.3 is 18.2 Å². The van der Waals surface area contributed by atoms with Crippen molar-refractivity contribution < 1.29 is 44.7 Å². The highest BCUT2D eigenvalue weighted by atomic mass is 32.2. The number of sulfone groups is 2. The first-order valence-corrected chi connectivity index (χ1v) is 18.4. The maximum absolute atomic E-state index is 13.6. The molecule has 0 aliphatic heterocycles.